The number of rotatable bonds is 3. The minimum absolute atomic E-state index is 0.0462. The molecule has 0 bridgehead atoms. The summed E-state index contributed by atoms with van der Waals surface area (Å²) in [5.74, 6) is 2.09. The van der Waals surface area contributed by atoms with Gasteiger partial charge in [-0.1, -0.05) is 30.3 Å². The molecule has 2 unspecified atom stereocenters. The molecule has 20 heavy (non-hydrogen) atoms. The number of hydrogen-bond donors (Lipinski definition) is 1. The van der Waals surface area contributed by atoms with E-state index in [0.29, 0.717) is 0 Å². The third-order valence-electron chi connectivity index (χ3n) is 3.92. The SMILES string of the molecule is COc1cccc(C(N)C2CCOc3ccccc32)c1. The van der Waals surface area contributed by atoms with Gasteiger partial charge in [-0.25, -0.2) is 0 Å². The van der Waals surface area contributed by atoms with Crippen LogP contribution < -0.4 is 15.2 Å². The second-order valence-electron chi connectivity index (χ2n) is 5.08. The molecule has 0 aliphatic carbocycles. The Balaban J connectivity index is 1.93. The van der Waals surface area contributed by atoms with E-state index < -0.39 is 0 Å². The van der Waals surface area contributed by atoms with Crippen molar-refractivity contribution in [2.45, 2.75) is 18.4 Å². The zero-order chi connectivity index (χ0) is 13.9. The maximum atomic E-state index is 6.50. The number of fused-ring (bicyclic) bond motifs is 1. The van der Waals surface area contributed by atoms with Crippen LogP contribution in [0.2, 0.25) is 0 Å². The van der Waals surface area contributed by atoms with Crippen LogP contribution in [-0.2, 0) is 0 Å². The fraction of sp³-hybridized carbons (Fsp3) is 0.294. The van der Waals surface area contributed by atoms with Crippen molar-refractivity contribution in [1.29, 1.82) is 0 Å². The van der Waals surface area contributed by atoms with Crippen molar-refractivity contribution < 1.29 is 9.47 Å². The molecule has 0 radical (unpaired) electrons. The van der Waals surface area contributed by atoms with Crippen LogP contribution in [0.1, 0.15) is 29.5 Å². The Bertz CT molecular complexity index is 597. The monoisotopic (exact) mass is 269 g/mol. The van der Waals surface area contributed by atoms with E-state index in [1.807, 2.05) is 36.4 Å². The van der Waals surface area contributed by atoms with E-state index in [2.05, 4.69) is 12.1 Å². The second kappa shape index (κ2) is 5.55. The molecule has 0 amide bonds. The number of hydrogen-bond acceptors (Lipinski definition) is 3. The first-order valence-corrected chi connectivity index (χ1v) is 6.91. The van der Waals surface area contributed by atoms with Crippen LogP contribution in [0.5, 0.6) is 11.5 Å². The molecule has 2 N–H and O–H groups in total. The maximum absolute atomic E-state index is 6.50. The largest absolute Gasteiger partial charge is 0.497 e. The summed E-state index contributed by atoms with van der Waals surface area (Å²) in [7, 11) is 1.67. The topological polar surface area (TPSA) is 44.5 Å². The molecule has 0 fully saturated rings. The van der Waals surface area contributed by atoms with Gasteiger partial charge in [-0.15, -0.1) is 0 Å². The van der Waals surface area contributed by atoms with Gasteiger partial charge in [-0.3, -0.25) is 0 Å². The molecule has 3 rings (SSSR count). The molecule has 0 spiro atoms. The lowest BCUT2D eigenvalue weighted by atomic mass is 9.84. The van der Waals surface area contributed by atoms with Gasteiger partial charge in [0.2, 0.25) is 0 Å². The predicted octanol–water partition coefficient (Wildman–Crippen LogP) is 3.26. The second-order valence-corrected chi connectivity index (χ2v) is 5.08. The molecule has 2 aromatic carbocycles. The number of nitrogens with two attached hydrogens (primary N) is 1. The van der Waals surface area contributed by atoms with Gasteiger partial charge < -0.3 is 15.2 Å². The van der Waals surface area contributed by atoms with Gasteiger partial charge in [0.05, 0.1) is 13.7 Å². The molecular weight excluding hydrogens is 250 g/mol. The van der Waals surface area contributed by atoms with E-state index in [-0.39, 0.29) is 12.0 Å². The standard InChI is InChI=1S/C17H19NO2/c1-19-13-6-4-5-12(11-13)17(18)15-9-10-20-16-8-3-2-7-14(15)16/h2-8,11,15,17H,9-10,18H2,1H3. The molecular formula is C17H19NO2. The quantitative estimate of drug-likeness (QED) is 0.930. The van der Waals surface area contributed by atoms with Gasteiger partial charge in [0, 0.05) is 12.0 Å². The van der Waals surface area contributed by atoms with Crippen LogP contribution in [0.15, 0.2) is 48.5 Å². The minimum atomic E-state index is -0.0462. The van der Waals surface area contributed by atoms with Crippen molar-refractivity contribution in [3.63, 3.8) is 0 Å². The highest BCUT2D eigenvalue weighted by molar-refractivity contribution is 5.41. The molecule has 0 saturated carbocycles. The van der Waals surface area contributed by atoms with E-state index in [0.717, 1.165) is 30.1 Å². The van der Waals surface area contributed by atoms with E-state index >= 15 is 0 Å². The Labute approximate surface area is 119 Å². The van der Waals surface area contributed by atoms with Crippen LogP contribution in [0.4, 0.5) is 0 Å². The Hall–Kier alpha value is -2.00. The fourth-order valence-corrected chi connectivity index (χ4v) is 2.82. The van der Waals surface area contributed by atoms with Crippen LogP contribution >= 0.6 is 0 Å². The first kappa shape index (κ1) is 13.0. The molecule has 2 atom stereocenters. The number of methoxy groups -OCH3 is 1. The Morgan fingerprint density at radius 1 is 1.20 bits per heavy atom. The summed E-state index contributed by atoms with van der Waals surface area (Å²) in [5.41, 5.74) is 8.80. The molecule has 3 nitrogen and oxygen atoms in total. The summed E-state index contributed by atoms with van der Waals surface area (Å²) in [5, 5.41) is 0. The fourth-order valence-electron chi connectivity index (χ4n) is 2.82. The predicted molar refractivity (Wildman–Crippen MR) is 79.2 cm³/mol. The Kier molecular flexibility index (Phi) is 3.61. The zero-order valence-electron chi connectivity index (χ0n) is 11.6. The molecule has 2 aromatic rings. The summed E-state index contributed by atoms with van der Waals surface area (Å²) in [6, 6.07) is 16.1. The normalized spacial score (nSPS) is 18.8. The third-order valence-corrected chi connectivity index (χ3v) is 3.92. The van der Waals surface area contributed by atoms with E-state index in [1.165, 1.54) is 5.56 Å². The smallest absolute Gasteiger partial charge is 0.122 e. The lowest BCUT2D eigenvalue weighted by Gasteiger charge is -2.30. The molecule has 0 saturated heterocycles. The lowest BCUT2D eigenvalue weighted by molar-refractivity contribution is 0.255. The van der Waals surface area contributed by atoms with Gasteiger partial charge in [-0.2, -0.15) is 0 Å². The number of ether oxygens (including phenoxy) is 2. The number of benzene rings is 2. The highest BCUT2D eigenvalue weighted by Gasteiger charge is 2.27. The van der Waals surface area contributed by atoms with Gasteiger partial charge in [-0.05, 0) is 35.7 Å². The van der Waals surface area contributed by atoms with Gasteiger partial charge >= 0.3 is 0 Å². The summed E-state index contributed by atoms with van der Waals surface area (Å²) >= 11 is 0. The minimum Gasteiger partial charge on any atom is -0.497 e. The first-order chi connectivity index (χ1) is 9.79. The summed E-state index contributed by atoms with van der Waals surface area (Å²) in [6.07, 6.45) is 0.940. The van der Waals surface area contributed by atoms with Crippen LogP contribution in [0, 0.1) is 0 Å². The summed E-state index contributed by atoms with van der Waals surface area (Å²) in [6.45, 7) is 0.722. The first-order valence-electron chi connectivity index (χ1n) is 6.91. The van der Waals surface area contributed by atoms with Crippen molar-refractivity contribution in [1.82, 2.24) is 0 Å². The number of para-hydroxylation sites is 1. The average Bonchev–Trinajstić information content (AvgIpc) is 2.53. The Morgan fingerprint density at radius 2 is 2.05 bits per heavy atom. The third kappa shape index (κ3) is 2.37. The van der Waals surface area contributed by atoms with Crippen molar-refractivity contribution in [3.8, 4) is 11.5 Å². The molecule has 1 heterocycles. The average molecular weight is 269 g/mol. The molecule has 1 aliphatic rings. The van der Waals surface area contributed by atoms with Crippen molar-refractivity contribution in [2.24, 2.45) is 5.73 Å². The molecule has 0 aromatic heterocycles. The van der Waals surface area contributed by atoms with Gasteiger partial charge in [0.25, 0.3) is 0 Å². The van der Waals surface area contributed by atoms with Gasteiger partial charge in [0.1, 0.15) is 11.5 Å². The van der Waals surface area contributed by atoms with E-state index in [1.54, 1.807) is 7.11 Å². The molecule has 3 heteroatoms. The van der Waals surface area contributed by atoms with Crippen molar-refractivity contribution in [3.05, 3.63) is 59.7 Å². The van der Waals surface area contributed by atoms with Crippen LogP contribution in [-0.4, -0.2) is 13.7 Å². The van der Waals surface area contributed by atoms with Gasteiger partial charge in [0.15, 0.2) is 0 Å². The van der Waals surface area contributed by atoms with Crippen molar-refractivity contribution in [2.75, 3.05) is 13.7 Å². The maximum Gasteiger partial charge on any atom is 0.122 e. The summed E-state index contributed by atoms with van der Waals surface area (Å²) in [4.78, 5) is 0. The summed E-state index contributed by atoms with van der Waals surface area (Å²) < 4.78 is 11.0. The van der Waals surface area contributed by atoms with Crippen LogP contribution in [0.25, 0.3) is 0 Å². The Morgan fingerprint density at radius 3 is 2.90 bits per heavy atom. The lowest BCUT2D eigenvalue weighted by Crippen LogP contribution is -2.25. The van der Waals surface area contributed by atoms with Crippen LogP contribution in [0.3, 0.4) is 0 Å². The van der Waals surface area contributed by atoms with E-state index in [9.17, 15) is 0 Å². The zero-order valence-corrected chi connectivity index (χ0v) is 11.6. The highest BCUT2D eigenvalue weighted by Crippen LogP contribution is 2.40. The van der Waals surface area contributed by atoms with E-state index in [4.69, 9.17) is 15.2 Å². The molecule has 1 aliphatic heterocycles. The molecule has 104 valence electrons. The van der Waals surface area contributed by atoms with Crippen molar-refractivity contribution >= 4 is 0 Å². The highest BCUT2D eigenvalue weighted by atomic mass is 16.5.